The highest BCUT2D eigenvalue weighted by Crippen LogP contribution is 2.36. The van der Waals surface area contributed by atoms with E-state index in [1.807, 2.05) is 0 Å². The molecular weight excluding hydrogens is 239 g/mol. The zero-order valence-corrected chi connectivity index (χ0v) is 9.54. The number of alkyl halides is 1. The standard InChI is InChI=1S/C14H12F3N/c15-11-7-4-8-12(16)13(11)14(17,9-18)10-5-2-1-3-6-10/h1-8H,9,18H2. The van der Waals surface area contributed by atoms with Gasteiger partial charge in [0, 0.05) is 6.54 Å². The van der Waals surface area contributed by atoms with Gasteiger partial charge in [-0.2, -0.15) is 0 Å². The maximum absolute atomic E-state index is 14.9. The first-order chi connectivity index (χ1) is 8.59. The van der Waals surface area contributed by atoms with Gasteiger partial charge in [0.1, 0.15) is 11.6 Å². The average molecular weight is 251 g/mol. The van der Waals surface area contributed by atoms with Gasteiger partial charge in [-0.05, 0) is 17.7 Å². The summed E-state index contributed by atoms with van der Waals surface area (Å²) in [5.41, 5.74) is 2.53. The molecule has 0 fully saturated rings. The molecule has 0 bridgehead atoms. The second kappa shape index (κ2) is 4.82. The van der Waals surface area contributed by atoms with Crippen LogP contribution in [0.3, 0.4) is 0 Å². The van der Waals surface area contributed by atoms with E-state index in [1.165, 1.54) is 18.2 Å². The Morgan fingerprint density at radius 3 is 1.94 bits per heavy atom. The van der Waals surface area contributed by atoms with E-state index in [2.05, 4.69) is 0 Å². The average Bonchev–Trinajstić information content (AvgIpc) is 2.39. The van der Waals surface area contributed by atoms with Crippen molar-refractivity contribution in [1.82, 2.24) is 0 Å². The van der Waals surface area contributed by atoms with Crippen LogP contribution in [0.4, 0.5) is 13.2 Å². The molecule has 1 atom stereocenters. The SMILES string of the molecule is NCC(F)(c1ccccc1)c1c(F)cccc1F. The van der Waals surface area contributed by atoms with Crippen molar-refractivity contribution in [2.45, 2.75) is 5.67 Å². The molecule has 0 aromatic heterocycles. The van der Waals surface area contributed by atoms with Crippen LogP contribution in [0, 0.1) is 11.6 Å². The lowest BCUT2D eigenvalue weighted by molar-refractivity contribution is 0.216. The zero-order valence-electron chi connectivity index (χ0n) is 9.54. The number of benzene rings is 2. The Bertz CT molecular complexity index is 522. The number of hydrogen-bond donors (Lipinski definition) is 1. The van der Waals surface area contributed by atoms with Crippen molar-refractivity contribution in [1.29, 1.82) is 0 Å². The highest BCUT2D eigenvalue weighted by atomic mass is 19.2. The van der Waals surface area contributed by atoms with E-state index in [0.717, 1.165) is 12.1 Å². The minimum atomic E-state index is -2.36. The summed E-state index contributed by atoms with van der Waals surface area (Å²) in [6, 6.07) is 11.0. The number of hydrogen-bond acceptors (Lipinski definition) is 1. The lowest BCUT2D eigenvalue weighted by Gasteiger charge is -2.25. The van der Waals surface area contributed by atoms with Crippen LogP contribution in [0.15, 0.2) is 48.5 Å². The van der Waals surface area contributed by atoms with Crippen LogP contribution in [-0.4, -0.2) is 6.54 Å². The summed E-state index contributed by atoms with van der Waals surface area (Å²) in [6.07, 6.45) is 0. The third kappa shape index (κ3) is 1.99. The largest absolute Gasteiger partial charge is 0.327 e. The van der Waals surface area contributed by atoms with E-state index in [4.69, 9.17) is 5.73 Å². The van der Waals surface area contributed by atoms with Crippen LogP contribution >= 0.6 is 0 Å². The highest BCUT2D eigenvalue weighted by Gasteiger charge is 2.37. The van der Waals surface area contributed by atoms with Crippen molar-refractivity contribution in [3.8, 4) is 0 Å². The Morgan fingerprint density at radius 1 is 0.889 bits per heavy atom. The molecule has 0 aliphatic heterocycles. The number of halogens is 3. The van der Waals surface area contributed by atoms with Gasteiger partial charge in [0.15, 0.2) is 5.67 Å². The highest BCUT2D eigenvalue weighted by molar-refractivity contribution is 5.38. The third-order valence-corrected chi connectivity index (χ3v) is 2.87. The van der Waals surface area contributed by atoms with Crippen molar-refractivity contribution in [3.05, 3.63) is 71.3 Å². The lowest BCUT2D eigenvalue weighted by atomic mass is 9.87. The molecule has 2 aromatic carbocycles. The fourth-order valence-electron chi connectivity index (χ4n) is 1.94. The molecule has 4 heteroatoms. The normalized spacial score (nSPS) is 14.2. The summed E-state index contributed by atoms with van der Waals surface area (Å²) in [6.45, 7) is -0.533. The van der Waals surface area contributed by atoms with Gasteiger partial charge in [-0.1, -0.05) is 36.4 Å². The predicted molar refractivity (Wildman–Crippen MR) is 63.7 cm³/mol. The summed E-state index contributed by atoms with van der Waals surface area (Å²) in [4.78, 5) is 0. The van der Waals surface area contributed by atoms with Crippen molar-refractivity contribution in [2.75, 3.05) is 6.54 Å². The molecule has 0 radical (unpaired) electrons. The van der Waals surface area contributed by atoms with Gasteiger partial charge >= 0.3 is 0 Å². The smallest absolute Gasteiger partial charge is 0.178 e. The van der Waals surface area contributed by atoms with E-state index in [-0.39, 0.29) is 5.56 Å². The maximum Gasteiger partial charge on any atom is 0.178 e. The van der Waals surface area contributed by atoms with Crippen LogP contribution < -0.4 is 5.73 Å². The van der Waals surface area contributed by atoms with Crippen molar-refractivity contribution in [2.24, 2.45) is 5.73 Å². The second-order valence-corrected chi connectivity index (χ2v) is 3.97. The molecule has 2 N–H and O–H groups in total. The molecule has 0 saturated heterocycles. The van der Waals surface area contributed by atoms with Gasteiger partial charge in [-0.3, -0.25) is 0 Å². The van der Waals surface area contributed by atoms with Crippen LogP contribution in [-0.2, 0) is 5.67 Å². The molecule has 0 aliphatic rings. The molecule has 1 unspecified atom stereocenters. The molecule has 18 heavy (non-hydrogen) atoms. The Kier molecular flexibility index (Phi) is 3.39. The van der Waals surface area contributed by atoms with E-state index in [1.54, 1.807) is 18.2 Å². The van der Waals surface area contributed by atoms with Crippen LogP contribution in [0.2, 0.25) is 0 Å². The molecule has 0 aliphatic carbocycles. The van der Waals surface area contributed by atoms with E-state index < -0.39 is 29.4 Å². The molecule has 0 saturated carbocycles. The molecule has 2 aromatic rings. The first-order valence-electron chi connectivity index (χ1n) is 5.48. The number of nitrogens with two attached hydrogens (primary N) is 1. The molecular formula is C14H12F3N. The summed E-state index contributed by atoms with van der Waals surface area (Å²) in [5.74, 6) is -1.88. The second-order valence-electron chi connectivity index (χ2n) is 3.97. The Morgan fingerprint density at radius 2 is 1.44 bits per heavy atom. The van der Waals surface area contributed by atoms with E-state index in [0.29, 0.717) is 0 Å². The summed E-state index contributed by atoms with van der Waals surface area (Å²) < 4.78 is 42.3. The summed E-state index contributed by atoms with van der Waals surface area (Å²) in [7, 11) is 0. The summed E-state index contributed by atoms with van der Waals surface area (Å²) >= 11 is 0. The monoisotopic (exact) mass is 251 g/mol. The molecule has 1 nitrogen and oxygen atoms in total. The van der Waals surface area contributed by atoms with Gasteiger partial charge in [0.05, 0.1) is 5.56 Å². The van der Waals surface area contributed by atoms with Gasteiger partial charge in [0.2, 0.25) is 0 Å². The Balaban J connectivity index is 2.65. The zero-order chi connectivity index (χ0) is 13.2. The van der Waals surface area contributed by atoms with Gasteiger partial charge in [-0.25, -0.2) is 13.2 Å². The van der Waals surface area contributed by atoms with Crippen molar-refractivity contribution in [3.63, 3.8) is 0 Å². The topological polar surface area (TPSA) is 26.0 Å². The van der Waals surface area contributed by atoms with Crippen molar-refractivity contribution >= 4 is 0 Å². The molecule has 0 heterocycles. The third-order valence-electron chi connectivity index (χ3n) is 2.87. The van der Waals surface area contributed by atoms with Crippen LogP contribution in [0.25, 0.3) is 0 Å². The van der Waals surface area contributed by atoms with Gasteiger partial charge < -0.3 is 5.73 Å². The van der Waals surface area contributed by atoms with Crippen molar-refractivity contribution < 1.29 is 13.2 Å². The molecule has 0 spiro atoms. The number of rotatable bonds is 3. The Hall–Kier alpha value is -1.81. The fraction of sp³-hybridized carbons (Fsp3) is 0.143. The predicted octanol–water partition coefficient (Wildman–Crippen LogP) is 3.14. The van der Waals surface area contributed by atoms with Crippen LogP contribution in [0.1, 0.15) is 11.1 Å². The van der Waals surface area contributed by atoms with Gasteiger partial charge in [-0.15, -0.1) is 0 Å². The van der Waals surface area contributed by atoms with E-state index >= 15 is 0 Å². The first kappa shape index (κ1) is 12.6. The molecule has 2 rings (SSSR count). The fourth-order valence-corrected chi connectivity index (χ4v) is 1.94. The first-order valence-corrected chi connectivity index (χ1v) is 5.48. The van der Waals surface area contributed by atoms with Gasteiger partial charge in [0.25, 0.3) is 0 Å². The van der Waals surface area contributed by atoms with E-state index in [9.17, 15) is 13.2 Å². The minimum absolute atomic E-state index is 0.136. The lowest BCUT2D eigenvalue weighted by Crippen LogP contribution is -2.33. The molecule has 94 valence electrons. The molecule has 0 amide bonds. The summed E-state index contributed by atoms with van der Waals surface area (Å²) in [5, 5.41) is 0. The van der Waals surface area contributed by atoms with Crippen LogP contribution in [0.5, 0.6) is 0 Å². The maximum atomic E-state index is 14.9. The minimum Gasteiger partial charge on any atom is -0.327 e. The quantitative estimate of drug-likeness (QED) is 0.891. The Labute approximate surface area is 103 Å².